The Balaban J connectivity index is 1.29. The highest BCUT2D eigenvalue weighted by molar-refractivity contribution is 6.31. The molecule has 1 fully saturated rings. The zero-order valence-electron chi connectivity index (χ0n) is 17.2. The second-order valence-corrected chi connectivity index (χ2v) is 8.09. The predicted octanol–water partition coefficient (Wildman–Crippen LogP) is 4.46. The molecule has 4 rings (SSSR count). The number of carbonyl (C=O) groups is 1. The van der Waals surface area contributed by atoms with Gasteiger partial charge in [0.1, 0.15) is 0 Å². The molecule has 3 aromatic rings. The van der Waals surface area contributed by atoms with Gasteiger partial charge in [-0.2, -0.15) is 13.2 Å². The first kappa shape index (κ1) is 22.4. The number of carbonyl (C=O) groups excluding carboxylic acids is 1. The summed E-state index contributed by atoms with van der Waals surface area (Å²) in [4.78, 5) is 21.1. The van der Waals surface area contributed by atoms with Gasteiger partial charge in [-0.3, -0.25) is 14.7 Å². The van der Waals surface area contributed by atoms with E-state index in [1.807, 2.05) is 24.3 Å². The number of fused-ring (bicyclic) bond motifs is 1. The van der Waals surface area contributed by atoms with Crippen LogP contribution in [0.5, 0.6) is 0 Å². The number of aromatic nitrogens is 1. The molecule has 0 atom stereocenters. The van der Waals surface area contributed by atoms with Crippen LogP contribution in [0.4, 0.5) is 18.9 Å². The molecule has 0 radical (unpaired) electrons. The summed E-state index contributed by atoms with van der Waals surface area (Å²) in [6, 6.07) is 12.2. The van der Waals surface area contributed by atoms with Gasteiger partial charge in [-0.15, -0.1) is 0 Å². The highest BCUT2D eigenvalue weighted by Crippen LogP contribution is 2.30. The van der Waals surface area contributed by atoms with E-state index in [1.54, 1.807) is 6.20 Å². The van der Waals surface area contributed by atoms with E-state index < -0.39 is 17.6 Å². The first-order chi connectivity index (χ1) is 15.3. The van der Waals surface area contributed by atoms with E-state index in [-0.39, 0.29) is 5.56 Å². The first-order valence-electron chi connectivity index (χ1n) is 10.3. The van der Waals surface area contributed by atoms with E-state index in [2.05, 4.69) is 20.1 Å². The molecule has 1 N–H and O–H groups in total. The summed E-state index contributed by atoms with van der Waals surface area (Å²) in [6.45, 7) is 4.28. The third-order valence-electron chi connectivity index (χ3n) is 5.56. The van der Waals surface area contributed by atoms with E-state index in [1.165, 1.54) is 12.1 Å². The highest BCUT2D eigenvalue weighted by Gasteiger charge is 2.30. The molecule has 1 aromatic heterocycles. The molecule has 1 aliphatic heterocycles. The number of hydrogen-bond donors (Lipinski definition) is 1. The number of benzene rings is 2. The molecule has 0 saturated carbocycles. The topological polar surface area (TPSA) is 48.5 Å². The van der Waals surface area contributed by atoms with Crippen molar-refractivity contribution in [3.8, 4) is 0 Å². The Labute approximate surface area is 188 Å². The number of nitrogens with zero attached hydrogens (tertiary/aromatic N) is 3. The number of halogens is 4. The minimum atomic E-state index is -4.47. The Bertz CT molecular complexity index is 1110. The number of nitrogens with one attached hydrogen (secondary N) is 1. The van der Waals surface area contributed by atoms with Crippen LogP contribution in [0, 0.1) is 0 Å². The summed E-state index contributed by atoms with van der Waals surface area (Å²) in [7, 11) is 0. The molecule has 1 saturated heterocycles. The third-order valence-corrected chi connectivity index (χ3v) is 5.80. The lowest BCUT2D eigenvalue weighted by atomic mass is 10.1. The van der Waals surface area contributed by atoms with Gasteiger partial charge in [0.05, 0.1) is 11.1 Å². The van der Waals surface area contributed by atoms with Gasteiger partial charge in [0.25, 0.3) is 5.91 Å². The molecular weight excluding hydrogens is 441 g/mol. The largest absolute Gasteiger partial charge is 0.416 e. The summed E-state index contributed by atoms with van der Waals surface area (Å²) in [6.07, 6.45) is -2.69. The molecule has 0 spiro atoms. The summed E-state index contributed by atoms with van der Waals surface area (Å²) in [5.41, 5.74) is 1.15. The zero-order chi connectivity index (χ0) is 22.7. The van der Waals surface area contributed by atoms with E-state index in [9.17, 15) is 18.0 Å². The maximum absolute atomic E-state index is 12.8. The quantitative estimate of drug-likeness (QED) is 0.608. The van der Waals surface area contributed by atoms with Crippen LogP contribution < -0.4 is 10.2 Å². The monoisotopic (exact) mass is 462 g/mol. The Kier molecular flexibility index (Phi) is 6.53. The molecular formula is C23H22ClF3N4O. The first-order valence-corrected chi connectivity index (χ1v) is 10.7. The number of pyridine rings is 1. The van der Waals surface area contributed by atoms with Crippen molar-refractivity contribution in [2.24, 2.45) is 0 Å². The Morgan fingerprint density at radius 2 is 1.84 bits per heavy atom. The van der Waals surface area contributed by atoms with E-state index >= 15 is 0 Å². The Morgan fingerprint density at radius 1 is 1.06 bits per heavy atom. The minimum Gasteiger partial charge on any atom is -0.368 e. The van der Waals surface area contributed by atoms with Crippen molar-refractivity contribution < 1.29 is 18.0 Å². The van der Waals surface area contributed by atoms with Gasteiger partial charge < -0.3 is 10.2 Å². The average Bonchev–Trinajstić information content (AvgIpc) is 2.78. The van der Waals surface area contributed by atoms with Gasteiger partial charge in [-0.05, 0) is 42.5 Å². The summed E-state index contributed by atoms with van der Waals surface area (Å²) in [5, 5.41) is 4.42. The van der Waals surface area contributed by atoms with Crippen molar-refractivity contribution in [2.45, 2.75) is 6.18 Å². The van der Waals surface area contributed by atoms with E-state index in [4.69, 9.17) is 11.6 Å². The maximum atomic E-state index is 12.8. The lowest BCUT2D eigenvalue weighted by molar-refractivity contribution is -0.137. The van der Waals surface area contributed by atoms with Gasteiger partial charge >= 0.3 is 6.18 Å². The standard InChI is InChI=1S/C23H22ClF3N4O/c24-18-4-5-19-20(15-18)28-7-6-21(19)31-12-10-30(11-13-31)9-8-29-22(32)16-2-1-3-17(14-16)23(25,26)27/h1-7,14-15H,8-13H2,(H,29,32). The fourth-order valence-corrected chi connectivity index (χ4v) is 4.03. The molecule has 1 amide bonds. The number of piperazine rings is 1. The number of anilines is 1. The molecule has 5 nitrogen and oxygen atoms in total. The van der Waals surface area contributed by atoms with Crippen LogP contribution in [0.25, 0.3) is 10.9 Å². The van der Waals surface area contributed by atoms with Gasteiger partial charge in [-0.1, -0.05) is 17.7 Å². The highest BCUT2D eigenvalue weighted by atomic mass is 35.5. The summed E-state index contributed by atoms with van der Waals surface area (Å²) < 4.78 is 38.5. The SMILES string of the molecule is O=C(NCCN1CCN(c2ccnc3cc(Cl)ccc23)CC1)c1cccc(C(F)(F)F)c1. The molecule has 168 valence electrons. The zero-order valence-corrected chi connectivity index (χ0v) is 18.0. The Morgan fingerprint density at radius 3 is 2.59 bits per heavy atom. The van der Waals surface area contributed by atoms with Crippen LogP contribution in [-0.4, -0.2) is 55.1 Å². The molecule has 2 heterocycles. The van der Waals surface area contributed by atoms with Crippen LogP contribution in [0.3, 0.4) is 0 Å². The van der Waals surface area contributed by atoms with Crippen molar-refractivity contribution >= 4 is 34.1 Å². The predicted molar refractivity (Wildman–Crippen MR) is 119 cm³/mol. The third kappa shape index (κ3) is 5.14. The van der Waals surface area contributed by atoms with E-state index in [0.29, 0.717) is 18.1 Å². The van der Waals surface area contributed by atoms with E-state index in [0.717, 1.165) is 54.9 Å². The molecule has 0 unspecified atom stereocenters. The van der Waals surface area contributed by atoms with Gasteiger partial charge in [-0.25, -0.2) is 0 Å². The molecule has 2 aromatic carbocycles. The number of amides is 1. The van der Waals surface area contributed by atoms with Crippen LogP contribution in [0.1, 0.15) is 15.9 Å². The molecule has 1 aliphatic rings. The summed E-state index contributed by atoms with van der Waals surface area (Å²) in [5.74, 6) is -0.503. The maximum Gasteiger partial charge on any atom is 0.416 e. The fourth-order valence-electron chi connectivity index (χ4n) is 3.86. The van der Waals surface area contributed by atoms with Gasteiger partial charge in [0, 0.05) is 67.1 Å². The normalized spacial score (nSPS) is 15.2. The van der Waals surface area contributed by atoms with Gasteiger partial charge in [0.2, 0.25) is 0 Å². The van der Waals surface area contributed by atoms with Crippen molar-refractivity contribution in [3.05, 3.63) is 70.9 Å². The number of alkyl halides is 3. The van der Waals surface area contributed by atoms with Gasteiger partial charge in [0.15, 0.2) is 0 Å². The van der Waals surface area contributed by atoms with Crippen LogP contribution >= 0.6 is 11.6 Å². The molecule has 9 heteroatoms. The van der Waals surface area contributed by atoms with Crippen molar-refractivity contribution in [3.63, 3.8) is 0 Å². The van der Waals surface area contributed by atoms with Crippen LogP contribution in [0.2, 0.25) is 5.02 Å². The smallest absolute Gasteiger partial charge is 0.368 e. The minimum absolute atomic E-state index is 0.00862. The van der Waals surface area contributed by atoms with Crippen LogP contribution in [0.15, 0.2) is 54.7 Å². The van der Waals surface area contributed by atoms with Crippen molar-refractivity contribution in [1.29, 1.82) is 0 Å². The average molecular weight is 463 g/mol. The lowest BCUT2D eigenvalue weighted by Gasteiger charge is -2.36. The fraction of sp³-hybridized carbons (Fsp3) is 0.304. The summed E-state index contributed by atoms with van der Waals surface area (Å²) >= 11 is 6.07. The number of hydrogen-bond acceptors (Lipinski definition) is 4. The number of rotatable bonds is 5. The second-order valence-electron chi connectivity index (χ2n) is 7.65. The van der Waals surface area contributed by atoms with Crippen molar-refractivity contribution in [1.82, 2.24) is 15.2 Å². The Hall–Kier alpha value is -2.84. The molecule has 0 aliphatic carbocycles. The second kappa shape index (κ2) is 9.34. The van der Waals surface area contributed by atoms with Crippen LogP contribution in [-0.2, 0) is 6.18 Å². The lowest BCUT2D eigenvalue weighted by Crippen LogP contribution is -2.48. The molecule has 32 heavy (non-hydrogen) atoms. The molecule has 0 bridgehead atoms. The van der Waals surface area contributed by atoms with Crippen molar-refractivity contribution in [2.75, 3.05) is 44.2 Å².